The minimum atomic E-state index is -0.405. The fraction of sp³-hybridized carbons (Fsp3) is 0.476. The predicted octanol–water partition coefficient (Wildman–Crippen LogP) is 1.68. The number of hydrogen-bond acceptors (Lipinski definition) is 5. The number of aryl methyl sites for hydroxylation is 3. The van der Waals surface area contributed by atoms with Gasteiger partial charge in [-0.3, -0.25) is 13.9 Å². The van der Waals surface area contributed by atoms with Crippen LogP contribution >= 0.6 is 0 Å². The summed E-state index contributed by atoms with van der Waals surface area (Å²) in [7, 11) is 1.64. The first-order valence-corrected chi connectivity index (χ1v) is 9.99. The van der Waals surface area contributed by atoms with Gasteiger partial charge in [-0.05, 0) is 49.4 Å². The maximum absolute atomic E-state index is 13.2. The van der Waals surface area contributed by atoms with Gasteiger partial charge < -0.3 is 14.6 Å². The molecule has 1 N–H and O–H groups in total. The molecule has 0 amide bonds. The van der Waals surface area contributed by atoms with Gasteiger partial charge in [-0.15, -0.1) is 0 Å². The summed E-state index contributed by atoms with van der Waals surface area (Å²) in [5.74, 6) is 0.998. The molecule has 1 atom stereocenters. The molecule has 0 saturated carbocycles. The molecule has 2 aromatic heterocycles. The van der Waals surface area contributed by atoms with Gasteiger partial charge in [0.2, 0.25) is 5.95 Å². The molecule has 0 aliphatic carbocycles. The van der Waals surface area contributed by atoms with E-state index in [4.69, 9.17) is 10.1 Å². The Hall–Kier alpha value is -2.87. The van der Waals surface area contributed by atoms with Crippen molar-refractivity contribution in [2.45, 2.75) is 40.3 Å². The third-order valence-electron chi connectivity index (χ3n) is 5.78. The quantitative estimate of drug-likeness (QED) is 0.724. The molecule has 29 heavy (non-hydrogen) atoms. The SMILES string of the molecule is Cc1ccc(N2C[C@@H](C)Cn3c2nc2c3c(=O)n(CCCO)c(=O)n2C)cc1C. The molecular weight excluding hydrogens is 370 g/mol. The largest absolute Gasteiger partial charge is 0.396 e. The Kier molecular flexibility index (Phi) is 4.82. The van der Waals surface area contributed by atoms with Crippen molar-refractivity contribution in [3.05, 3.63) is 50.2 Å². The van der Waals surface area contributed by atoms with Crippen LogP contribution in [-0.2, 0) is 20.1 Å². The summed E-state index contributed by atoms with van der Waals surface area (Å²) in [5, 5.41) is 9.13. The summed E-state index contributed by atoms with van der Waals surface area (Å²) in [6, 6.07) is 6.30. The number of aliphatic hydroxyl groups excluding tert-OH is 1. The van der Waals surface area contributed by atoms with E-state index in [1.807, 2.05) is 4.57 Å². The van der Waals surface area contributed by atoms with Gasteiger partial charge in [-0.2, -0.15) is 4.98 Å². The van der Waals surface area contributed by atoms with E-state index in [1.54, 1.807) is 7.05 Å². The maximum Gasteiger partial charge on any atom is 0.332 e. The lowest BCUT2D eigenvalue weighted by Gasteiger charge is -2.33. The number of anilines is 2. The minimum Gasteiger partial charge on any atom is -0.396 e. The second-order valence-corrected chi connectivity index (χ2v) is 8.05. The smallest absolute Gasteiger partial charge is 0.332 e. The molecule has 0 unspecified atom stereocenters. The van der Waals surface area contributed by atoms with Crippen molar-refractivity contribution < 1.29 is 5.11 Å². The van der Waals surface area contributed by atoms with E-state index in [1.165, 1.54) is 20.3 Å². The Bertz CT molecular complexity index is 1200. The van der Waals surface area contributed by atoms with E-state index in [2.05, 4.69) is 43.9 Å². The summed E-state index contributed by atoms with van der Waals surface area (Å²) in [5.41, 5.74) is 3.55. The zero-order chi connectivity index (χ0) is 20.9. The number of fused-ring (bicyclic) bond motifs is 3. The van der Waals surface area contributed by atoms with Crippen LogP contribution in [-0.4, -0.2) is 36.9 Å². The van der Waals surface area contributed by atoms with Crippen molar-refractivity contribution in [1.29, 1.82) is 0 Å². The van der Waals surface area contributed by atoms with Crippen LogP contribution < -0.4 is 16.1 Å². The Morgan fingerprint density at radius 1 is 1.17 bits per heavy atom. The standard InChI is InChI=1S/C21H27N5O3/c1-13-11-25(16-7-6-14(2)15(3)10-16)20-22-18-17(26(20)12-13)19(28)24(8-5-9-27)21(29)23(18)4/h6-7,10,13,27H,5,8-9,11-12H2,1-4H3/t13-/m1/s1. The van der Waals surface area contributed by atoms with E-state index < -0.39 is 5.69 Å². The average Bonchev–Trinajstić information content (AvgIpc) is 3.07. The van der Waals surface area contributed by atoms with Gasteiger partial charge >= 0.3 is 5.69 Å². The highest BCUT2D eigenvalue weighted by Gasteiger charge is 2.29. The molecule has 8 heteroatoms. The van der Waals surface area contributed by atoms with Gasteiger partial charge in [-0.1, -0.05) is 13.0 Å². The number of aliphatic hydroxyl groups is 1. The Morgan fingerprint density at radius 2 is 1.93 bits per heavy atom. The second-order valence-electron chi connectivity index (χ2n) is 8.05. The number of aromatic nitrogens is 4. The van der Waals surface area contributed by atoms with E-state index in [9.17, 15) is 9.59 Å². The maximum atomic E-state index is 13.2. The van der Waals surface area contributed by atoms with E-state index in [-0.39, 0.29) is 18.7 Å². The van der Waals surface area contributed by atoms with E-state index >= 15 is 0 Å². The number of nitrogens with zero attached hydrogens (tertiary/aromatic N) is 5. The molecule has 1 aliphatic rings. The number of benzene rings is 1. The minimum absolute atomic E-state index is 0.0737. The van der Waals surface area contributed by atoms with Crippen LogP contribution in [0.1, 0.15) is 24.5 Å². The second kappa shape index (κ2) is 7.18. The summed E-state index contributed by atoms with van der Waals surface area (Å²) >= 11 is 0. The highest BCUT2D eigenvalue weighted by atomic mass is 16.3. The third-order valence-corrected chi connectivity index (χ3v) is 5.78. The van der Waals surface area contributed by atoms with E-state index in [0.29, 0.717) is 36.0 Å². The van der Waals surface area contributed by atoms with Crippen LogP contribution in [0.4, 0.5) is 11.6 Å². The molecule has 1 aromatic carbocycles. The molecule has 0 radical (unpaired) electrons. The molecule has 3 heterocycles. The van der Waals surface area contributed by atoms with Gasteiger partial charge in [-0.25, -0.2) is 4.79 Å². The van der Waals surface area contributed by atoms with Crippen LogP contribution in [0.25, 0.3) is 11.2 Å². The molecule has 0 spiro atoms. The monoisotopic (exact) mass is 397 g/mol. The van der Waals surface area contributed by atoms with Gasteiger partial charge in [0.25, 0.3) is 5.56 Å². The Labute approximate surface area is 168 Å². The zero-order valence-electron chi connectivity index (χ0n) is 17.3. The van der Waals surface area contributed by atoms with Crippen molar-refractivity contribution in [2.75, 3.05) is 18.1 Å². The molecule has 0 fully saturated rings. The third kappa shape index (κ3) is 3.07. The summed E-state index contributed by atoms with van der Waals surface area (Å²) < 4.78 is 4.58. The number of hydrogen-bond donors (Lipinski definition) is 1. The first-order valence-electron chi connectivity index (χ1n) is 9.99. The van der Waals surface area contributed by atoms with Crippen LogP contribution in [0.3, 0.4) is 0 Å². The van der Waals surface area contributed by atoms with Gasteiger partial charge in [0, 0.05) is 39.0 Å². The first kappa shape index (κ1) is 19.4. The Morgan fingerprint density at radius 3 is 2.62 bits per heavy atom. The Balaban J connectivity index is 1.97. The van der Waals surface area contributed by atoms with Crippen LogP contribution in [0.5, 0.6) is 0 Å². The zero-order valence-corrected chi connectivity index (χ0v) is 17.3. The van der Waals surface area contributed by atoms with Gasteiger partial charge in [0.15, 0.2) is 11.2 Å². The molecule has 1 aliphatic heterocycles. The van der Waals surface area contributed by atoms with Crippen molar-refractivity contribution in [2.24, 2.45) is 13.0 Å². The fourth-order valence-corrected chi connectivity index (χ4v) is 4.04. The summed E-state index contributed by atoms with van der Waals surface area (Å²) in [4.78, 5) is 32.7. The fourth-order valence-electron chi connectivity index (χ4n) is 4.04. The molecule has 4 rings (SSSR count). The van der Waals surface area contributed by atoms with Crippen molar-refractivity contribution in [3.8, 4) is 0 Å². The molecule has 0 bridgehead atoms. The summed E-state index contributed by atoms with van der Waals surface area (Å²) in [6.45, 7) is 7.88. The topological polar surface area (TPSA) is 85.3 Å². The lowest BCUT2D eigenvalue weighted by molar-refractivity contribution is 0.277. The normalized spacial score (nSPS) is 16.4. The molecule has 3 aromatic rings. The van der Waals surface area contributed by atoms with E-state index in [0.717, 1.165) is 12.2 Å². The number of rotatable bonds is 4. The molecular formula is C21H27N5O3. The molecule has 154 valence electrons. The summed E-state index contributed by atoms with van der Waals surface area (Å²) in [6.07, 6.45) is 0.354. The lowest BCUT2D eigenvalue weighted by Crippen LogP contribution is -2.40. The van der Waals surface area contributed by atoms with Crippen molar-refractivity contribution >= 4 is 22.8 Å². The van der Waals surface area contributed by atoms with Crippen LogP contribution in [0, 0.1) is 19.8 Å². The van der Waals surface area contributed by atoms with Gasteiger partial charge in [0.1, 0.15) is 0 Å². The van der Waals surface area contributed by atoms with Crippen molar-refractivity contribution in [1.82, 2.24) is 18.7 Å². The predicted molar refractivity (Wildman–Crippen MR) is 113 cm³/mol. The van der Waals surface area contributed by atoms with Crippen LogP contribution in [0.15, 0.2) is 27.8 Å². The van der Waals surface area contributed by atoms with Crippen molar-refractivity contribution in [3.63, 3.8) is 0 Å². The average molecular weight is 397 g/mol. The highest BCUT2D eigenvalue weighted by molar-refractivity contribution is 5.77. The lowest BCUT2D eigenvalue weighted by atomic mass is 10.1. The molecule has 8 nitrogen and oxygen atoms in total. The van der Waals surface area contributed by atoms with Crippen LogP contribution in [0.2, 0.25) is 0 Å². The van der Waals surface area contributed by atoms with Gasteiger partial charge in [0.05, 0.1) is 0 Å². The highest BCUT2D eigenvalue weighted by Crippen LogP contribution is 2.33. The first-order chi connectivity index (χ1) is 13.8. The number of imidazole rings is 1. The molecule has 0 saturated heterocycles.